The smallest absolute Gasteiger partial charge is 0.183 e. The predicted molar refractivity (Wildman–Crippen MR) is 52.7 cm³/mol. The van der Waals surface area contributed by atoms with Crippen LogP contribution < -0.4 is 5.32 Å². The molecule has 0 aliphatic heterocycles. The van der Waals surface area contributed by atoms with Crippen LogP contribution in [-0.2, 0) is 9.47 Å². The fourth-order valence-electron chi connectivity index (χ4n) is 1.18. The van der Waals surface area contributed by atoms with Crippen molar-refractivity contribution in [3.05, 3.63) is 29.8 Å². The van der Waals surface area contributed by atoms with Crippen molar-refractivity contribution in [1.82, 2.24) is 0 Å². The first-order chi connectivity index (χ1) is 6.31. The number of anilines is 1. The largest absolute Gasteiger partial charge is 0.388 e. The summed E-state index contributed by atoms with van der Waals surface area (Å²) in [6.45, 7) is 0. The quantitative estimate of drug-likeness (QED) is 0.721. The molecule has 0 atom stereocenters. The van der Waals surface area contributed by atoms with E-state index in [-0.39, 0.29) is 6.29 Å². The van der Waals surface area contributed by atoms with Crippen LogP contribution in [0.25, 0.3) is 0 Å². The molecule has 0 saturated heterocycles. The van der Waals surface area contributed by atoms with Crippen LogP contribution in [0.2, 0.25) is 0 Å². The lowest BCUT2D eigenvalue weighted by atomic mass is 10.2. The van der Waals surface area contributed by atoms with Gasteiger partial charge in [-0.2, -0.15) is 0 Å². The minimum Gasteiger partial charge on any atom is -0.388 e. The molecular formula is C10H15NO2. The normalized spacial score (nSPS) is 10.5. The van der Waals surface area contributed by atoms with Gasteiger partial charge in [0.05, 0.1) is 0 Å². The van der Waals surface area contributed by atoms with Gasteiger partial charge in [0.25, 0.3) is 0 Å². The second-order valence-electron chi connectivity index (χ2n) is 2.68. The molecule has 72 valence electrons. The molecule has 0 fully saturated rings. The van der Waals surface area contributed by atoms with Gasteiger partial charge in [-0.25, -0.2) is 0 Å². The highest BCUT2D eigenvalue weighted by Gasteiger charge is 2.07. The highest BCUT2D eigenvalue weighted by Crippen LogP contribution is 2.18. The van der Waals surface area contributed by atoms with Gasteiger partial charge in [-0.3, -0.25) is 0 Å². The average Bonchev–Trinajstić information content (AvgIpc) is 2.21. The van der Waals surface area contributed by atoms with Crippen molar-refractivity contribution in [2.75, 3.05) is 26.6 Å². The Balaban J connectivity index is 2.78. The van der Waals surface area contributed by atoms with Crippen LogP contribution in [0.4, 0.5) is 5.69 Å². The molecule has 0 radical (unpaired) electrons. The molecule has 3 heteroatoms. The molecule has 3 nitrogen and oxygen atoms in total. The lowest BCUT2D eigenvalue weighted by Gasteiger charge is -2.13. The van der Waals surface area contributed by atoms with Gasteiger partial charge in [0.2, 0.25) is 0 Å². The van der Waals surface area contributed by atoms with Gasteiger partial charge < -0.3 is 14.8 Å². The summed E-state index contributed by atoms with van der Waals surface area (Å²) < 4.78 is 10.2. The summed E-state index contributed by atoms with van der Waals surface area (Å²) in [6.07, 6.45) is -0.272. The Morgan fingerprint density at radius 2 is 1.62 bits per heavy atom. The van der Waals surface area contributed by atoms with E-state index in [1.165, 1.54) is 0 Å². The van der Waals surface area contributed by atoms with Crippen LogP contribution in [-0.4, -0.2) is 21.3 Å². The SMILES string of the molecule is CNc1ccc(C(OC)OC)cc1. The first-order valence-corrected chi connectivity index (χ1v) is 4.15. The van der Waals surface area contributed by atoms with Crippen molar-refractivity contribution in [2.45, 2.75) is 6.29 Å². The third-order valence-corrected chi connectivity index (χ3v) is 1.90. The van der Waals surface area contributed by atoms with Gasteiger partial charge in [-0.1, -0.05) is 12.1 Å². The zero-order chi connectivity index (χ0) is 9.68. The van der Waals surface area contributed by atoms with Crippen molar-refractivity contribution in [3.63, 3.8) is 0 Å². The predicted octanol–water partition coefficient (Wildman–Crippen LogP) is 2.02. The topological polar surface area (TPSA) is 30.5 Å². The van der Waals surface area contributed by atoms with Gasteiger partial charge in [0.1, 0.15) is 0 Å². The van der Waals surface area contributed by atoms with Gasteiger partial charge in [-0.15, -0.1) is 0 Å². The maximum atomic E-state index is 5.12. The Morgan fingerprint density at radius 3 is 2.00 bits per heavy atom. The Morgan fingerprint density at radius 1 is 1.08 bits per heavy atom. The molecule has 0 bridgehead atoms. The molecule has 1 aromatic rings. The molecule has 0 aromatic heterocycles. The minimum absolute atomic E-state index is 0.272. The van der Waals surface area contributed by atoms with E-state index in [0.29, 0.717) is 0 Å². The van der Waals surface area contributed by atoms with Crippen molar-refractivity contribution in [1.29, 1.82) is 0 Å². The summed E-state index contributed by atoms with van der Waals surface area (Å²) in [6, 6.07) is 7.92. The lowest BCUT2D eigenvalue weighted by molar-refractivity contribution is -0.106. The molecule has 0 aliphatic rings. The van der Waals surface area contributed by atoms with Crippen LogP contribution in [0, 0.1) is 0 Å². The zero-order valence-electron chi connectivity index (χ0n) is 8.20. The van der Waals surface area contributed by atoms with E-state index in [2.05, 4.69) is 5.32 Å². The number of rotatable bonds is 4. The zero-order valence-corrected chi connectivity index (χ0v) is 8.20. The van der Waals surface area contributed by atoms with E-state index in [1.54, 1.807) is 14.2 Å². The van der Waals surface area contributed by atoms with Gasteiger partial charge in [0, 0.05) is 32.5 Å². The van der Waals surface area contributed by atoms with Crippen LogP contribution >= 0.6 is 0 Å². The molecule has 1 rings (SSSR count). The maximum absolute atomic E-state index is 5.12. The summed E-state index contributed by atoms with van der Waals surface area (Å²) in [5.41, 5.74) is 2.10. The Kier molecular flexibility index (Phi) is 3.73. The molecule has 0 saturated carbocycles. The van der Waals surface area contributed by atoms with Gasteiger partial charge in [-0.05, 0) is 12.1 Å². The summed E-state index contributed by atoms with van der Waals surface area (Å²) >= 11 is 0. The standard InChI is InChI=1S/C10H15NO2/c1-11-9-6-4-8(5-7-9)10(12-2)13-3/h4-7,10-11H,1-3H3. The molecule has 1 N–H and O–H groups in total. The number of benzene rings is 1. The van der Waals surface area contributed by atoms with Crippen LogP contribution in [0.5, 0.6) is 0 Å². The van der Waals surface area contributed by atoms with E-state index < -0.39 is 0 Å². The molecule has 1 aromatic carbocycles. The summed E-state index contributed by atoms with van der Waals surface area (Å²) in [7, 11) is 5.14. The molecule has 0 amide bonds. The monoisotopic (exact) mass is 181 g/mol. The molecule has 13 heavy (non-hydrogen) atoms. The van der Waals surface area contributed by atoms with Crippen LogP contribution in [0.15, 0.2) is 24.3 Å². The van der Waals surface area contributed by atoms with E-state index >= 15 is 0 Å². The van der Waals surface area contributed by atoms with Crippen LogP contribution in [0.1, 0.15) is 11.9 Å². The van der Waals surface area contributed by atoms with Crippen molar-refractivity contribution in [3.8, 4) is 0 Å². The highest BCUT2D eigenvalue weighted by molar-refractivity contribution is 5.43. The first kappa shape index (κ1) is 10.0. The maximum Gasteiger partial charge on any atom is 0.183 e. The van der Waals surface area contributed by atoms with E-state index in [9.17, 15) is 0 Å². The van der Waals surface area contributed by atoms with Crippen molar-refractivity contribution >= 4 is 5.69 Å². The van der Waals surface area contributed by atoms with E-state index in [0.717, 1.165) is 11.3 Å². The Hall–Kier alpha value is -1.06. The van der Waals surface area contributed by atoms with Crippen molar-refractivity contribution in [2.24, 2.45) is 0 Å². The summed E-state index contributed by atoms with van der Waals surface area (Å²) in [5.74, 6) is 0. The second-order valence-corrected chi connectivity index (χ2v) is 2.68. The first-order valence-electron chi connectivity index (χ1n) is 4.15. The lowest BCUT2D eigenvalue weighted by Crippen LogP contribution is -2.03. The number of ether oxygens (including phenoxy) is 2. The number of hydrogen-bond donors (Lipinski definition) is 1. The molecule has 0 spiro atoms. The third-order valence-electron chi connectivity index (χ3n) is 1.90. The highest BCUT2D eigenvalue weighted by atomic mass is 16.7. The number of methoxy groups -OCH3 is 2. The summed E-state index contributed by atoms with van der Waals surface area (Å²) in [4.78, 5) is 0. The molecular weight excluding hydrogens is 166 g/mol. The minimum atomic E-state index is -0.272. The summed E-state index contributed by atoms with van der Waals surface area (Å²) in [5, 5.41) is 3.05. The Labute approximate surface area is 78.7 Å². The van der Waals surface area contributed by atoms with Gasteiger partial charge in [0.15, 0.2) is 6.29 Å². The molecule has 0 aliphatic carbocycles. The third kappa shape index (κ3) is 2.44. The average molecular weight is 181 g/mol. The Bertz CT molecular complexity index is 242. The fourth-order valence-corrected chi connectivity index (χ4v) is 1.18. The molecule has 0 unspecified atom stereocenters. The van der Waals surface area contributed by atoms with E-state index in [4.69, 9.17) is 9.47 Å². The van der Waals surface area contributed by atoms with Crippen LogP contribution in [0.3, 0.4) is 0 Å². The number of hydrogen-bond acceptors (Lipinski definition) is 3. The van der Waals surface area contributed by atoms with E-state index in [1.807, 2.05) is 31.3 Å². The van der Waals surface area contributed by atoms with Gasteiger partial charge >= 0.3 is 0 Å². The van der Waals surface area contributed by atoms with Crippen molar-refractivity contribution < 1.29 is 9.47 Å². The molecule has 0 heterocycles. The number of nitrogens with one attached hydrogen (secondary N) is 1. The second kappa shape index (κ2) is 4.84. The fraction of sp³-hybridized carbons (Fsp3) is 0.400.